The molecule has 19 heteroatoms. The van der Waals surface area contributed by atoms with Gasteiger partial charge < -0.3 is 38.5 Å². The van der Waals surface area contributed by atoms with Gasteiger partial charge in [-0.2, -0.15) is 0 Å². The predicted octanol–water partition coefficient (Wildman–Crippen LogP) is 15.5. The average Bonchev–Trinajstić information content (AvgIpc) is 1.57. The molecule has 0 amide bonds. The van der Waals surface area contributed by atoms with E-state index in [1.54, 1.807) is 4.57 Å². The second kappa shape index (κ2) is 23.0. The Bertz CT molecular complexity index is 4550. The number of nitrogens with one attached hydrogen (secondary N) is 2. The van der Waals surface area contributed by atoms with Crippen molar-refractivity contribution in [3.63, 3.8) is 0 Å². The first-order valence-electron chi connectivity index (χ1n) is 33.8. The van der Waals surface area contributed by atoms with E-state index in [2.05, 4.69) is 56.1 Å². The van der Waals surface area contributed by atoms with E-state index in [4.69, 9.17) is 33.3 Å². The number of carbonyl (C=O) groups excluding carboxylic acids is 4. The first-order valence-corrected chi connectivity index (χ1v) is 33.8. The van der Waals surface area contributed by atoms with Crippen LogP contribution in [0, 0.1) is 95.3 Å². The van der Waals surface area contributed by atoms with E-state index in [0.29, 0.717) is 57.4 Å². The quantitative estimate of drug-likeness (QED) is 0.0692. The highest BCUT2D eigenvalue weighted by atomic mass is 16.6. The number of rotatable bonds is 11. The van der Waals surface area contributed by atoms with Crippen molar-refractivity contribution in [1.29, 1.82) is 0 Å². The minimum absolute atomic E-state index is 0. The molecule has 94 heavy (non-hydrogen) atoms. The van der Waals surface area contributed by atoms with Gasteiger partial charge in [0.25, 0.3) is 0 Å². The summed E-state index contributed by atoms with van der Waals surface area (Å²) in [5.74, 6) is 7.20. The number of fused-ring (bicyclic) bond motifs is 9. The standard InChI is InChI=1S/C28H33N3O5.C23H24N3O3.C23H23N3O2.CH4/c1-13-21(14(2)36-30-13)18-11-19(25(33)22-16-8-9-17(10-16)24(22)32)23-20(12-18)31(26(29-23)15-6-7-15)27(34)35-28(3,4)5;1-10-18(11(2)29-26-10)15-8-16(20-17(9-15)24-23(25-20)12-3-4-12)22(28)19-13-5-6-14(7-13)21(19)27;1-11-20(12(2)28-26-11)16-8-17(9-18-14-5-6-15(7-14)22(18)27)21-19(10-16)24-23(25-21)13-3-4-13;/h11-12,15-17,22,25,33H,6-10H2,1-5H3;6,8-9,12-14,19,22,28H,3-5,7H2,1-2H3,(H,24,25);8-10,13-15H,3-7H2,1-2H3,(H,24,25);1H4/q;+1;;/b;;18-9-;. The van der Waals surface area contributed by atoms with Gasteiger partial charge in [0.05, 0.1) is 87.1 Å². The Morgan fingerprint density at radius 3 is 1.61 bits per heavy atom. The SMILES string of the molecule is C.Cc1noc(C)c1-c1cc(/C=C2\C(=O)C3CCC2C3)c2nc(C3CC3)[nH]c2c1.Cc1noc(C)c1-c1cc(C(O)C2C(=O)C3CCC2C3)c2nc(C3CC3)n(C(=O)OC(C)(C)C)c2c1.Cc1noc(C)c1-c1cc(C(O)C2C(=O)C3[CH+]CC2C3)c2nc(C3CC3)[nH]c2c1. The maximum Gasteiger partial charge on any atom is 0.420 e. The van der Waals surface area contributed by atoms with Gasteiger partial charge in [0.1, 0.15) is 46.1 Å². The predicted molar refractivity (Wildman–Crippen MR) is 353 cm³/mol. The Labute approximate surface area is 545 Å². The Kier molecular flexibility index (Phi) is 15.1. The number of allylic oxidation sites excluding steroid dienone is 1. The molecule has 6 bridgehead atoms. The number of ketones is 3. The Morgan fingerprint density at radius 2 is 1.11 bits per heavy atom. The van der Waals surface area contributed by atoms with Gasteiger partial charge in [-0.15, -0.1) is 0 Å². The van der Waals surface area contributed by atoms with Crippen LogP contribution in [0.4, 0.5) is 4.79 Å². The summed E-state index contributed by atoms with van der Waals surface area (Å²) < 4.78 is 23.6. The second-order valence-corrected chi connectivity index (χ2v) is 29.6. The van der Waals surface area contributed by atoms with E-state index in [1.165, 1.54) is 12.8 Å². The van der Waals surface area contributed by atoms with Gasteiger partial charge in [0.15, 0.2) is 17.5 Å². The zero-order valence-corrected chi connectivity index (χ0v) is 54.3. The van der Waals surface area contributed by atoms with Crippen LogP contribution in [0.3, 0.4) is 0 Å². The number of ether oxygens (including phenoxy) is 1. The number of aromatic nitrogens is 9. The molecule has 9 aliphatic carbocycles. The van der Waals surface area contributed by atoms with E-state index >= 15 is 0 Å². The third-order valence-electron chi connectivity index (χ3n) is 21.8. The van der Waals surface area contributed by atoms with Gasteiger partial charge in [-0.1, -0.05) is 22.9 Å². The molecule has 10 unspecified atom stereocenters. The molecule has 6 heterocycles. The zero-order chi connectivity index (χ0) is 64.4. The van der Waals surface area contributed by atoms with Crippen LogP contribution in [-0.4, -0.2) is 84.2 Å². The number of aryl methyl sites for hydroxylation is 6. The normalized spacial score (nSPS) is 25.4. The number of aliphatic hydroxyl groups excluding tert-OH is 2. The van der Waals surface area contributed by atoms with Crippen molar-refractivity contribution in [2.24, 2.45) is 47.3 Å². The fourth-order valence-electron chi connectivity index (χ4n) is 16.9. The summed E-state index contributed by atoms with van der Waals surface area (Å²) >= 11 is 0. The highest BCUT2D eigenvalue weighted by Crippen LogP contribution is 2.54. The maximum absolute atomic E-state index is 13.5. The fraction of sp³-hybridized carbons (Fsp3) is 0.507. The van der Waals surface area contributed by atoms with Crippen LogP contribution in [0.1, 0.15) is 217 Å². The third-order valence-corrected chi connectivity index (χ3v) is 21.8. The minimum Gasteiger partial charge on any atom is -0.443 e. The lowest BCUT2D eigenvalue weighted by atomic mass is 9.80. The highest BCUT2D eigenvalue weighted by Gasteiger charge is 2.56. The molecule has 18 rings (SSSR count). The van der Waals surface area contributed by atoms with E-state index in [1.807, 2.05) is 80.5 Å². The second-order valence-electron chi connectivity index (χ2n) is 29.6. The van der Waals surface area contributed by atoms with Gasteiger partial charge in [-0.05, 0) is 216 Å². The van der Waals surface area contributed by atoms with Crippen LogP contribution in [0.5, 0.6) is 0 Å². The molecule has 0 spiro atoms. The van der Waals surface area contributed by atoms with Crippen LogP contribution in [0.15, 0.2) is 55.5 Å². The first-order chi connectivity index (χ1) is 44.6. The number of carbonyl (C=O) groups is 4. The van der Waals surface area contributed by atoms with Gasteiger partial charge in [-0.3, -0.25) is 14.4 Å². The van der Waals surface area contributed by atoms with Gasteiger partial charge in [-0.25, -0.2) is 24.3 Å². The molecule has 9 saturated carbocycles. The molecule has 9 fully saturated rings. The van der Waals surface area contributed by atoms with Crippen LogP contribution in [0.25, 0.3) is 72.6 Å². The summed E-state index contributed by atoms with van der Waals surface area (Å²) in [6, 6.07) is 12.2. The number of hydrogen-bond donors (Lipinski definition) is 4. The molecule has 0 radical (unpaired) electrons. The molecule has 9 aromatic rings. The Morgan fingerprint density at radius 1 is 0.596 bits per heavy atom. The van der Waals surface area contributed by atoms with Crippen LogP contribution in [0.2, 0.25) is 0 Å². The molecule has 3 aromatic carbocycles. The molecular weight excluding hydrogens is 1190 g/mol. The van der Waals surface area contributed by atoms with Gasteiger partial charge in [0, 0.05) is 75.3 Å². The van der Waals surface area contributed by atoms with E-state index in [9.17, 15) is 29.4 Å². The van der Waals surface area contributed by atoms with Crippen molar-refractivity contribution < 1.29 is 47.7 Å². The van der Waals surface area contributed by atoms with Crippen molar-refractivity contribution in [3.8, 4) is 33.4 Å². The summed E-state index contributed by atoms with van der Waals surface area (Å²) in [5.41, 5.74) is 15.5. The third kappa shape index (κ3) is 10.7. The maximum atomic E-state index is 13.5. The van der Waals surface area contributed by atoms with Crippen molar-refractivity contribution >= 4 is 62.6 Å². The van der Waals surface area contributed by atoms with Crippen molar-refractivity contribution in [2.75, 3.05) is 0 Å². The fourth-order valence-corrected chi connectivity index (χ4v) is 16.9. The van der Waals surface area contributed by atoms with E-state index in [-0.39, 0.29) is 60.4 Å². The summed E-state index contributed by atoms with van der Waals surface area (Å²) in [5, 5.41) is 35.5. The van der Waals surface area contributed by atoms with Gasteiger partial charge in [0.2, 0.25) is 0 Å². The lowest BCUT2D eigenvalue weighted by Crippen LogP contribution is -2.28. The Balaban J connectivity index is 0.000000117. The molecule has 0 aliphatic heterocycles. The number of hydrogen-bond acceptors (Lipinski definition) is 16. The molecule has 6 aromatic heterocycles. The smallest absolute Gasteiger partial charge is 0.420 e. The Hall–Kier alpha value is -8.29. The largest absolute Gasteiger partial charge is 0.443 e. The summed E-state index contributed by atoms with van der Waals surface area (Å²) in [6.45, 7) is 17.0. The number of aromatic amines is 2. The molecule has 488 valence electrons. The number of Topliss-reactive ketones (excluding diaryl/α,β-unsaturated/α-hetero) is 3. The lowest BCUT2D eigenvalue weighted by Gasteiger charge is -2.26. The van der Waals surface area contributed by atoms with Gasteiger partial charge >= 0.3 is 6.09 Å². The highest BCUT2D eigenvalue weighted by molar-refractivity contribution is 6.06. The van der Waals surface area contributed by atoms with Crippen LogP contribution >= 0.6 is 0 Å². The van der Waals surface area contributed by atoms with E-state index in [0.717, 1.165) is 184 Å². The molecule has 9 aliphatic rings. The monoisotopic (exact) mass is 1270 g/mol. The zero-order valence-electron chi connectivity index (χ0n) is 54.3. The van der Waals surface area contributed by atoms with Crippen LogP contribution in [-0.2, 0) is 19.1 Å². The number of H-pyrrole nitrogens is 2. The first kappa shape index (κ1) is 61.9. The van der Waals surface area contributed by atoms with Crippen molar-refractivity contribution in [3.05, 3.63) is 117 Å². The van der Waals surface area contributed by atoms with E-state index < -0.39 is 29.8 Å². The lowest BCUT2D eigenvalue weighted by molar-refractivity contribution is -0.130. The molecular formula is C75H84N9O10+. The number of nitrogens with zero attached hydrogens (tertiary/aromatic N) is 7. The van der Waals surface area contributed by atoms with Crippen LogP contribution < -0.4 is 0 Å². The molecule has 0 saturated heterocycles. The summed E-state index contributed by atoms with van der Waals surface area (Å²) in [6.07, 6.45) is 16.3. The summed E-state index contributed by atoms with van der Waals surface area (Å²) in [7, 11) is 0. The van der Waals surface area contributed by atoms with Crippen molar-refractivity contribution in [1.82, 2.24) is 45.0 Å². The summed E-state index contributed by atoms with van der Waals surface area (Å²) in [4.78, 5) is 73.8. The number of benzene rings is 3. The molecule has 10 atom stereocenters. The topological polar surface area (TPSA) is 271 Å². The molecule has 4 N–H and O–H groups in total. The van der Waals surface area contributed by atoms with Crippen molar-refractivity contribution in [2.45, 2.75) is 195 Å². The number of imidazole rings is 3. The minimum atomic E-state index is -0.996. The average molecular weight is 1270 g/mol. The number of aliphatic hydroxyl groups is 2. The molecule has 19 nitrogen and oxygen atoms in total.